The van der Waals surface area contributed by atoms with E-state index in [0.29, 0.717) is 0 Å². The van der Waals surface area contributed by atoms with Crippen molar-refractivity contribution in [3.63, 3.8) is 0 Å². The van der Waals surface area contributed by atoms with Crippen LogP contribution < -0.4 is 5.73 Å². The van der Waals surface area contributed by atoms with Crippen LogP contribution in [-0.4, -0.2) is 18.1 Å². The van der Waals surface area contributed by atoms with Gasteiger partial charge in [0.15, 0.2) is 5.69 Å². The van der Waals surface area contributed by atoms with E-state index >= 15 is 0 Å². The van der Waals surface area contributed by atoms with Crippen LogP contribution in [0.3, 0.4) is 0 Å². The molecule has 19 heavy (non-hydrogen) atoms. The fourth-order valence-corrected chi connectivity index (χ4v) is 1.43. The van der Waals surface area contributed by atoms with Crippen molar-refractivity contribution in [2.24, 2.45) is 5.73 Å². The molecule has 2 N–H and O–H groups in total. The van der Waals surface area contributed by atoms with Gasteiger partial charge in [0.2, 0.25) is 0 Å². The number of carbonyl (C=O) groups excluding carboxylic acids is 1. The molecular formula is C10H9F5N2O2. The summed E-state index contributed by atoms with van der Waals surface area (Å²) in [5, 5.41) is 0. The van der Waals surface area contributed by atoms with E-state index in [1.807, 2.05) is 0 Å². The van der Waals surface area contributed by atoms with Crippen LogP contribution in [0.1, 0.15) is 33.7 Å². The highest BCUT2D eigenvalue weighted by molar-refractivity contribution is 5.91. The van der Waals surface area contributed by atoms with Gasteiger partial charge in [-0.15, -0.1) is 0 Å². The summed E-state index contributed by atoms with van der Waals surface area (Å²) < 4.78 is 67.8. The quantitative estimate of drug-likeness (QED) is 0.683. The van der Waals surface area contributed by atoms with E-state index < -0.39 is 41.9 Å². The van der Waals surface area contributed by atoms with Crippen molar-refractivity contribution in [3.8, 4) is 0 Å². The molecule has 0 radical (unpaired) electrons. The van der Waals surface area contributed by atoms with Gasteiger partial charge in [0.25, 0.3) is 6.43 Å². The maximum atomic E-state index is 12.8. The average Bonchev–Trinajstić information content (AvgIpc) is 2.34. The van der Waals surface area contributed by atoms with Gasteiger partial charge >= 0.3 is 12.1 Å². The van der Waals surface area contributed by atoms with Crippen molar-refractivity contribution >= 4 is 5.97 Å². The summed E-state index contributed by atoms with van der Waals surface area (Å²) in [7, 11) is 0.868. The monoisotopic (exact) mass is 284 g/mol. The third kappa shape index (κ3) is 3.16. The Balaban J connectivity index is 3.65. The third-order valence-corrected chi connectivity index (χ3v) is 2.21. The highest BCUT2D eigenvalue weighted by Gasteiger charge is 2.40. The van der Waals surface area contributed by atoms with Gasteiger partial charge in [-0.2, -0.15) is 13.2 Å². The first-order valence-corrected chi connectivity index (χ1v) is 4.89. The number of hydrogen-bond acceptors (Lipinski definition) is 4. The number of rotatable bonds is 3. The highest BCUT2D eigenvalue weighted by atomic mass is 19.4. The molecule has 1 heterocycles. The summed E-state index contributed by atoms with van der Waals surface area (Å²) in [6.45, 7) is -0.434. The zero-order valence-electron chi connectivity index (χ0n) is 9.59. The number of nitrogens with zero attached hydrogens (tertiary/aromatic N) is 1. The molecule has 1 rings (SSSR count). The van der Waals surface area contributed by atoms with Crippen molar-refractivity contribution in [2.45, 2.75) is 19.1 Å². The number of halogens is 5. The van der Waals surface area contributed by atoms with E-state index in [2.05, 4.69) is 9.72 Å². The van der Waals surface area contributed by atoms with Gasteiger partial charge in [0, 0.05) is 6.54 Å². The molecule has 0 atom stereocenters. The lowest BCUT2D eigenvalue weighted by molar-refractivity contribution is -0.143. The Labute approximate surface area is 104 Å². The van der Waals surface area contributed by atoms with Crippen LogP contribution >= 0.6 is 0 Å². The Bertz CT molecular complexity index is 488. The molecule has 0 saturated carbocycles. The van der Waals surface area contributed by atoms with E-state index in [9.17, 15) is 26.7 Å². The van der Waals surface area contributed by atoms with Crippen LogP contribution in [0, 0.1) is 0 Å². The lowest BCUT2D eigenvalue weighted by atomic mass is 10.0. The molecule has 0 saturated heterocycles. The second-order valence-electron chi connectivity index (χ2n) is 3.42. The van der Waals surface area contributed by atoms with Crippen LogP contribution in [0.15, 0.2) is 6.07 Å². The van der Waals surface area contributed by atoms with Crippen molar-refractivity contribution in [1.82, 2.24) is 4.98 Å². The van der Waals surface area contributed by atoms with Gasteiger partial charge in [-0.25, -0.2) is 18.6 Å². The molecule has 9 heteroatoms. The Kier molecular flexibility index (Phi) is 4.40. The van der Waals surface area contributed by atoms with Crippen molar-refractivity contribution < 1.29 is 31.5 Å². The van der Waals surface area contributed by atoms with E-state index in [-0.39, 0.29) is 5.69 Å². The van der Waals surface area contributed by atoms with Gasteiger partial charge in [-0.05, 0) is 6.07 Å². The maximum absolute atomic E-state index is 12.8. The Morgan fingerprint density at radius 3 is 2.42 bits per heavy atom. The highest BCUT2D eigenvalue weighted by Crippen LogP contribution is 2.37. The topological polar surface area (TPSA) is 65.2 Å². The third-order valence-electron chi connectivity index (χ3n) is 2.21. The molecule has 0 fully saturated rings. The summed E-state index contributed by atoms with van der Waals surface area (Å²) in [5.74, 6) is -1.31. The van der Waals surface area contributed by atoms with Crippen LogP contribution in [0.4, 0.5) is 22.0 Å². The van der Waals surface area contributed by atoms with Gasteiger partial charge in [0.05, 0.1) is 23.9 Å². The Morgan fingerprint density at radius 2 is 2.05 bits per heavy atom. The molecular weight excluding hydrogens is 275 g/mol. The summed E-state index contributed by atoms with van der Waals surface area (Å²) in [5.41, 5.74) is 0.573. The summed E-state index contributed by atoms with van der Waals surface area (Å²) in [4.78, 5) is 14.3. The second-order valence-corrected chi connectivity index (χ2v) is 3.42. The predicted molar refractivity (Wildman–Crippen MR) is 53.4 cm³/mol. The summed E-state index contributed by atoms with van der Waals surface area (Å²) in [6, 6.07) is 0.766. The number of aromatic nitrogens is 1. The molecule has 4 nitrogen and oxygen atoms in total. The fraction of sp³-hybridized carbons (Fsp3) is 0.400. The van der Waals surface area contributed by atoms with Crippen LogP contribution in [0.5, 0.6) is 0 Å². The Hall–Kier alpha value is -1.77. The molecule has 0 unspecified atom stereocenters. The van der Waals surface area contributed by atoms with Gasteiger partial charge in [-0.1, -0.05) is 0 Å². The first-order chi connectivity index (χ1) is 8.72. The smallest absolute Gasteiger partial charge is 0.433 e. The zero-order valence-corrected chi connectivity index (χ0v) is 9.59. The van der Waals surface area contributed by atoms with Gasteiger partial charge in [-0.3, -0.25) is 0 Å². The standard InChI is InChI=1S/C10H9F5N2O2/c1-19-9(18)5-2-4(3-16)17-7(10(13,14)15)6(5)8(11)12/h2,8H,3,16H2,1H3. The van der Waals surface area contributed by atoms with Gasteiger partial charge < -0.3 is 10.5 Å². The minimum Gasteiger partial charge on any atom is -0.465 e. The molecule has 0 spiro atoms. The van der Waals surface area contributed by atoms with Gasteiger partial charge in [0.1, 0.15) is 0 Å². The number of hydrogen-bond donors (Lipinski definition) is 1. The molecule has 0 aliphatic rings. The average molecular weight is 284 g/mol. The van der Waals surface area contributed by atoms with Crippen molar-refractivity contribution in [1.29, 1.82) is 0 Å². The number of carbonyl (C=O) groups is 1. The number of alkyl halides is 5. The molecule has 0 aromatic carbocycles. The van der Waals surface area contributed by atoms with E-state index in [4.69, 9.17) is 5.73 Å². The SMILES string of the molecule is COC(=O)c1cc(CN)nc(C(F)(F)F)c1C(F)F. The summed E-state index contributed by atoms with van der Waals surface area (Å²) >= 11 is 0. The minimum atomic E-state index is -5.13. The van der Waals surface area contributed by atoms with Crippen molar-refractivity contribution in [3.05, 3.63) is 28.6 Å². The van der Waals surface area contributed by atoms with E-state index in [0.717, 1.165) is 13.2 Å². The molecule has 1 aromatic rings. The lowest BCUT2D eigenvalue weighted by Crippen LogP contribution is -2.19. The van der Waals surface area contributed by atoms with Crippen molar-refractivity contribution in [2.75, 3.05) is 7.11 Å². The number of pyridine rings is 1. The molecule has 0 amide bonds. The Morgan fingerprint density at radius 1 is 1.47 bits per heavy atom. The predicted octanol–water partition coefficient (Wildman–Crippen LogP) is 2.28. The van der Waals surface area contributed by atoms with Crippen LogP contribution in [0.25, 0.3) is 0 Å². The zero-order chi connectivity index (χ0) is 14.8. The number of methoxy groups -OCH3 is 1. The number of ether oxygens (including phenoxy) is 1. The molecule has 1 aromatic heterocycles. The maximum Gasteiger partial charge on any atom is 0.433 e. The molecule has 0 bridgehead atoms. The summed E-state index contributed by atoms with van der Waals surface area (Å²) in [6.07, 6.45) is -8.65. The van der Waals surface area contributed by atoms with Crippen LogP contribution in [-0.2, 0) is 17.5 Å². The first-order valence-electron chi connectivity index (χ1n) is 4.89. The van der Waals surface area contributed by atoms with E-state index in [1.54, 1.807) is 0 Å². The number of esters is 1. The number of nitrogens with two attached hydrogens (primary N) is 1. The first kappa shape index (κ1) is 15.3. The normalized spacial score (nSPS) is 11.8. The molecule has 0 aliphatic heterocycles. The molecule has 0 aliphatic carbocycles. The lowest BCUT2D eigenvalue weighted by Gasteiger charge is -2.16. The molecule has 106 valence electrons. The van der Waals surface area contributed by atoms with E-state index in [1.165, 1.54) is 0 Å². The second kappa shape index (κ2) is 5.47. The fourth-order valence-electron chi connectivity index (χ4n) is 1.43. The largest absolute Gasteiger partial charge is 0.465 e. The minimum absolute atomic E-state index is 0.336. The van der Waals surface area contributed by atoms with Crippen LogP contribution in [0.2, 0.25) is 0 Å².